The van der Waals surface area contributed by atoms with Gasteiger partial charge in [0.2, 0.25) is 41.4 Å². The number of unbranched alkanes of at least 4 members (excludes halogenated alkanes) is 1. The molecule has 7 amide bonds. The van der Waals surface area contributed by atoms with Crippen LogP contribution in [0, 0.1) is 5.92 Å². The summed E-state index contributed by atoms with van der Waals surface area (Å²) in [5.74, 6) is -7.94. The third-order valence-electron chi connectivity index (χ3n) is 9.55. The van der Waals surface area contributed by atoms with Crippen molar-refractivity contribution in [3.8, 4) is 5.75 Å². The molecule has 2 aromatic rings. The number of rotatable bonds is 29. The Kier molecular flexibility index (Phi) is 22.7. The first kappa shape index (κ1) is 53.3. The summed E-state index contributed by atoms with van der Waals surface area (Å²) in [7, 11) is 0. The Morgan fingerprint density at radius 2 is 1.20 bits per heavy atom. The maximum Gasteiger partial charge on any atom is 0.326 e. The fourth-order valence-corrected chi connectivity index (χ4v) is 6.20. The van der Waals surface area contributed by atoms with Crippen LogP contribution in [0.25, 0.3) is 0 Å². The number of phenolic OH excluding ortho intramolecular Hbond substituents is 1. The van der Waals surface area contributed by atoms with Crippen LogP contribution in [0.15, 0.2) is 41.8 Å². The van der Waals surface area contributed by atoms with Gasteiger partial charge in [-0.05, 0) is 75.6 Å². The standard InChI is InChI=1S/C40H64N14O10/c1-21(2)15-28(52-37(61)30(51-33(57)22(3)42)17-24-19-46-20-48-24)35(59)53-29(16-23-9-11-25(55)12-10-23)36(60)49-26(8-6-14-47-40(44)45)34(58)54-31(18-32(43)56)38(62)50-27(39(63)64)7-4-5-13-41/h9-12,19-22,26-31,55H,4-8,13-18,41-42H2,1-3H3,(H2,43,56)(H,46,48)(H,49,60)(H,50,62)(H,51,57)(H,52,61)(H,53,59)(H,54,58)(H,63,64)(H4,44,45,47)/t22-,26-,27-,28-,29-,30-,31-/m0/s1. The molecular weight excluding hydrogens is 837 g/mol. The van der Waals surface area contributed by atoms with Gasteiger partial charge in [0, 0.05) is 31.3 Å². The zero-order valence-corrected chi connectivity index (χ0v) is 36.3. The van der Waals surface area contributed by atoms with Crippen LogP contribution < -0.4 is 60.6 Å². The quantitative estimate of drug-likeness (QED) is 0.0213. The molecule has 0 aliphatic heterocycles. The molecule has 24 nitrogen and oxygen atoms in total. The normalized spacial score (nSPS) is 14.3. The van der Waals surface area contributed by atoms with E-state index in [0.29, 0.717) is 24.1 Å². The molecule has 2 rings (SSSR count). The lowest BCUT2D eigenvalue weighted by atomic mass is 10.00. The van der Waals surface area contributed by atoms with Crippen molar-refractivity contribution in [2.75, 3.05) is 13.1 Å². The van der Waals surface area contributed by atoms with Gasteiger partial charge >= 0.3 is 5.97 Å². The number of aromatic nitrogens is 2. The Morgan fingerprint density at radius 3 is 1.75 bits per heavy atom. The number of amides is 7. The molecule has 0 saturated heterocycles. The number of hydrogen-bond donors (Lipinski definition) is 14. The molecule has 1 aromatic heterocycles. The third-order valence-corrected chi connectivity index (χ3v) is 9.55. The smallest absolute Gasteiger partial charge is 0.326 e. The fraction of sp³-hybridized carbons (Fsp3) is 0.550. The van der Waals surface area contributed by atoms with Gasteiger partial charge in [-0.2, -0.15) is 0 Å². The van der Waals surface area contributed by atoms with E-state index in [-0.39, 0.29) is 69.2 Å². The second kappa shape index (κ2) is 27.3. The van der Waals surface area contributed by atoms with E-state index >= 15 is 0 Å². The predicted molar refractivity (Wildman–Crippen MR) is 233 cm³/mol. The minimum Gasteiger partial charge on any atom is -0.508 e. The number of carboxylic acid groups (broad SMARTS) is 1. The molecule has 0 radical (unpaired) electrons. The van der Waals surface area contributed by atoms with Gasteiger partial charge in [0.05, 0.1) is 18.8 Å². The average Bonchev–Trinajstić information content (AvgIpc) is 3.73. The number of aliphatic imine (C=N–C) groups is 1. The molecule has 1 aromatic carbocycles. The highest BCUT2D eigenvalue weighted by atomic mass is 16.4. The van der Waals surface area contributed by atoms with Crippen molar-refractivity contribution in [2.24, 2.45) is 39.6 Å². The Hall–Kier alpha value is -6.82. The van der Waals surface area contributed by atoms with Crippen LogP contribution in [0.2, 0.25) is 0 Å². The molecule has 64 heavy (non-hydrogen) atoms. The van der Waals surface area contributed by atoms with E-state index in [9.17, 15) is 48.6 Å². The number of phenols is 1. The summed E-state index contributed by atoms with van der Waals surface area (Å²) in [6.07, 6.45) is 2.77. The van der Waals surface area contributed by atoms with Crippen molar-refractivity contribution in [3.05, 3.63) is 48.0 Å². The number of aromatic hydroxyl groups is 1. The molecule has 0 aliphatic rings. The van der Waals surface area contributed by atoms with Crippen molar-refractivity contribution in [2.45, 2.75) is 121 Å². The molecule has 7 atom stereocenters. The first-order chi connectivity index (χ1) is 30.2. The molecule has 1 heterocycles. The number of aromatic amines is 1. The summed E-state index contributed by atoms with van der Waals surface area (Å²) in [5.41, 5.74) is 28.5. The van der Waals surface area contributed by atoms with Gasteiger partial charge < -0.3 is 75.8 Å². The van der Waals surface area contributed by atoms with E-state index in [4.69, 9.17) is 28.7 Å². The van der Waals surface area contributed by atoms with Gasteiger partial charge in [0.1, 0.15) is 42.0 Å². The maximum absolute atomic E-state index is 14.3. The molecule has 19 N–H and O–H groups in total. The summed E-state index contributed by atoms with van der Waals surface area (Å²) in [4.78, 5) is 117. The van der Waals surface area contributed by atoms with Crippen LogP contribution in [0.4, 0.5) is 0 Å². The van der Waals surface area contributed by atoms with Gasteiger partial charge in [-0.25, -0.2) is 9.78 Å². The van der Waals surface area contributed by atoms with E-state index in [1.165, 1.54) is 43.7 Å². The summed E-state index contributed by atoms with van der Waals surface area (Å²) in [6, 6.07) is -3.63. The molecule has 0 spiro atoms. The predicted octanol–water partition coefficient (Wildman–Crippen LogP) is -3.65. The molecule has 0 fully saturated rings. The minimum atomic E-state index is -1.67. The van der Waals surface area contributed by atoms with E-state index in [1.807, 2.05) is 0 Å². The maximum atomic E-state index is 14.3. The molecule has 0 saturated carbocycles. The summed E-state index contributed by atoms with van der Waals surface area (Å²) >= 11 is 0. The zero-order valence-electron chi connectivity index (χ0n) is 36.3. The molecule has 0 unspecified atom stereocenters. The number of carbonyl (C=O) groups is 8. The van der Waals surface area contributed by atoms with Gasteiger partial charge in [0.25, 0.3) is 0 Å². The number of carbonyl (C=O) groups excluding carboxylic acids is 7. The van der Waals surface area contributed by atoms with Gasteiger partial charge in [-0.15, -0.1) is 0 Å². The van der Waals surface area contributed by atoms with Crippen molar-refractivity contribution < 1.29 is 48.6 Å². The molecule has 0 aliphatic carbocycles. The monoisotopic (exact) mass is 900 g/mol. The SMILES string of the molecule is CC(C)C[C@H](NC(=O)[C@H](Cc1cnc[nH]1)NC(=O)[C@H](C)N)C(=O)N[C@@H](Cc1ccc(O)cc1)C(=O)N[C@@H](CCCN=C(N)N)C(=O)N[C@@H](CC(N)=O)C(=O)N[C@@H](CCCCN)C(=O)O. The van der Waals surface area contributed by atoms with Crippen molar-refractivity contribution >= 4 is 53.3 Å². The molecular formula is C40H64N14O10. The highest BCUT2D eigenvalue weighted by Crippen LogP contribution is 2.14. The van der Waals surface area contributed by atoms with Crippen molar-refractivity contribution in [1.82, 2.24) is 41.9 Å². The Labute approximate surface area is 370 Å². The highest BCUT2D eigenvalue weighted by Gasteiger charge is 2.34. The number of carboxylic acids is 1. The second-order valence-electron chi connectivity index (χ2n) is 15.7. The van der Waals surface area contributed by atoms with E-state index in [0.717, 1.165) is 0 Å². The van der Waals surface area contributed by atoms with Crippen molar-refractivity contribution in [1.29, 1.82) is 0 Å². The lowest BCUT2D eigenvalue weighted by Gasteiger charge is -2.28. The lowest BCUT2D eigenvalue weighted by molar-refractivity contribution is -0.142. The Bertz CT molecular complexity index is 1890. The largest absolute Gasteiger partial charge is 0.508 e. The minimum absolute atomic E-state index is 0.00468. The first-order valence-corrected chi connectivity index (χ1v) is 20.8. The number of primary amides is 1. The fourth-order valence-electron chi connectivity index (χ4n) is 6.20. The number of nitrogens with two attached hydrogens (primary N) is 5. The zero-order chi connectivity index (χ0) is 47.9. The number of nitrogens with one attached hydrogen (secondary N) is 7. The van der Waals surface area contributed by atoms with Gasteiger partial charge in [-0.3, -0.25) is 38.6 Å². The first-order valence-electron chi connectivity index (χ1n) is 20.8. The van der Waals surface area contributed by atoms with E-state index in [2.05, 4.69) is 46.9 Å². The number of nitrogens with zero attached hydrogens (tertiary/aromatic N) is 2. The summed E-state index contributed by atoms with van der Waals surface area (Å²) < 4.78 is 0. The number of imidazole rings is 1. The summed E-state index contributed by atoms with van der Waals surface area (Å²) in [6.45, 7) is 5.33. The molecule has 0 bridgehead atoms. The van der Waals surface area contributed by atoms with Crippen LogP contribution in [-0.4, -0.2) is 129 Å². The molecule has 24 heteroatoms. The van der Waals surface area contributed by atoms with Gasteiger partial charge in [-0.1, -0.05) is 26.0 Å². The topological polar surface area (TPSA) is 420 Å². The van der Waals surface area contributed by atoms with Crippen LogP contribution in [0.1, 0.15) is 77.0 Å². The Balaban J connectivity index is 2.49. The van der Waals surface area contributed by atoms with Crippen LogP contribution in [-0.2, 0) is 51.2 Å². The number of H-pyrrole nitrogens is 1. The van der Waals surface area contributed by atoms with E-state index < -0.39 is 96.0 Å². The van der Waals surface area contributed by atoms with Gasteiger partial charge in [0.15, 0.2) is 5.96 Å². The molecule has 354 valence electrons. The number of aliphatic carboxylic acids is 1. The van der Waals surface area contributed by atoms with Crippen LogP contribution in [0.5, 0.6) is 5.75 Å². The number of hydrogen-bond acceptors (Lipinski definition) is 13. The number of benzene rings is 1. The van der Waals surface area contributed by atoms with Crippen molar-refractivity contribution in [3.63, 3.8) is 0 Å². The van der Waals surface area contributed by atoms with Crippen LogP contribution >= 0.6 is 0 Å². The number of guanidine groups is 1. The third kappa shape index (κ3) is 19.9. The lowest BCUT2D eigenvalue weighted by Crippen LogP contribution is -2.60. The summed E-state index contributed by atoms with van der Waals surface area (Å²) in [5, 5.41) is 34.8. The van der Waals surface area contributed by atoms with E-state index in [1.54, 1.807) is 13.8 Å². The highest BCUT2D eigenvalue weighted by molar-refractivity contribution is 5.98. The van der Waals surface area contributed by atoms with Crippen LogP contribution in [0.3, 0.4) is 0 Å². The Morgan fingerprint density at radius 1 is 0.688 bits per heavy atom. The second-order valence-corrected chi connectivity index (χ2v) is 15.7. The average molecular weight is 901 g/mol.